The molecule has 0 amide bonds. The zero-order valence-electron chi connectivity index (χ0n) is 47.5. The number of fused-ring (bicyclic) bond motifs is 19. The Labute approximate surface area is 490 Å². The van der Waals surface area contributed by atoms with E-state index in [1.54, 1.807) is 0 Å². The summed E-state index contributed by atoms with van der Waals surface area (Å²) in [6, 6.07) is 97.2. The fraction of sp³-hybridized carbons (Fsp3) is 0.0732. The largest absolute Gasteiger partial charge is 0.309 e. The van der Waals surface area contributed by atoms with Crippen LogP contribution in [0.5, 0.6) is 0 Å². The van der Waals surface area contributed by atoms with Crippen molar-refractivity contribution in [3.8, 4) is 27.9 Å². The van der Waals surface area contributed by atoms with Gasteiger partial charge >= 0.3 is 0 Å². The number of rotatable bonds is 7. The molecule has 0 spiro atoms. The minimum atomic E-state index is 0.292. The fourth-order valence-electron chi connectivity index (χ4n) is 15.4. The van der Waals surface area contributed by atoms with Crippen LogP contribution >= 0.6 is 0 Å². The molecule has 0 aliphatic carbocycles. The SMILES string of the molecule is CC(C)c1ccc2cc3c(cc2c1)c1cc(-n2c4ccccc4c4ccccc42)cc2c4cc5cc(C(C)Cc6ccc7cc8c(cc7c6)c6cc(-c7ccccc7-c7ccccc7)cc7c9cc%10ccccc%10cc9n8c76)ccc5cc4n3c12. The number of nitrogens with zero attached hydrogens (tertiary/aromatic N) is 3. The van der Waals surface area contributed by atoms with E-state index in [4.69, 9.17) is 0 Å². The van der Waals surface area contributed by atoms with E-state index in [-0.39, 0.29) is 0 Å². The molecule has 3 heteroatoms. The predicted molar refractivity (Wildman–Crippen MR) is 364 cm³/mol. The van der Waals surface area contributed by atoms with Crippen molar-refractivity contribution in [3.63, 3.8) is 0 Å². The normalized spacial score (nSPS) is 13.0. The average Bonchev–Trinajstić information content (AvgIpc) is 1.60. The highest BCUT2D eigenvalue weighted by Crippen LogP contribution is 2.48. The Morgan fingerprint density at radius 2 is 0.706 bits per heavy atom. The number of benzene rings is 14. The Bertz CT molecular complexity index is 5990. The first kappa shape index (κ1) is 47.1. The zero-order chi connectivity index (χ0) is 55.9. The molecule has 19 rings (SSSR count). The third-order valence-electron chi connectivity index (χ3n) is 19.6. The van der Waals surface area contributed by atoms with Crippen LogP contribution in [0, 0.1) is 0 Å². The number of aromatic nitrogens is 3. The second-order valence-corrected chi connectivity index (χ2v) is 24.7. The minimum Gasteiger partial charge on any atom is -0.309 e. The Morgan fingerprint density at radius 1 is 0.282 bits per heavy atom. The van der Waals surface area contributed by atoms with Gasteiger partial charge in [0.15, 0.2) is 0 Å². The molecule has 0 radical (unpaired) electrons. The molecule has 0 saturated heterocycles. The Hall–Kier alpha value is -10.5. The van der Waals surface area contributed by atoms with E-state index in [2.05, 4.69) is 289 Å². The summed E-state index contributed by atoms with van der Waals surface area (Å²) >= 11 is 0. The molecule has 1 atom stereocenters. The second-order valence-electron chi connectivity index (χ2n) is 24.7. The Morgan fingerprint density at radius 3 is 1.27 bits per heavy atom. The molecule has 1 unspecified atom stereocenters. The Balaban J connectivity index is 0.747. The molecule has 85 heavy (non-hydrogen) atoms. The fourth-order valence-corrected chi connectivity index (χ4v) is 15.4. The van der Waals surface area contributed by atoms with Crippen molar-refractivity contribution >= 4 is 141 Å². The summed E-state index contributed by atoms with van der Waals surface area (Å²) in [5.74, 6) is 0.748. The van der Waals surface area contributed by atoms with Crippen molar-refractivity contribution in [3.05, 3.63) is 271 Å². The van der Waals surface area contributed by atoms with Gasteiger partial charge in [-0.25, -0.2) is 0 Å². The minimum absolute atomic E-state index is 0.292. The van der Waals surface area contributed by atoms with E-state index in [1.807, 2.05) is 0 Å². The van der Waals surface area contributed by atoms with Gasteiger partial charge in [0.25, 0.3) is 0 Å². The topological polar surface area (TPSA) is 13.8 Å². The molecule has 0 N–H and O–H groups in total. The van der Waals surface area contributed by atoms with Gasteiger partial charge < -0.3 is 13.4 Å². The summed E-state index contributed by atoms with van der Waals surface area (Å²) < 4.78 is 7.61. The van der Waals surface area contributed by atoms with Crippen LogP contribution in [0.3, 0.4) is 0 Å². The van der Waals surface area contributed by atoms with Crippen LogP contribution in [0.4, 0.5) is 0 Å². The first-order valence-corrected chi connectivity index (χ1v) is 30.2. The van der Waals surface area contributed by atoms with E-state index < -0.39 is 0 Å². The smallest absolute Gasteiger partial charge is 0.0622 e. The maximum absolute atomic E-state index is 2.57. The summed E-state index contributed by atoms with van der Waals surface area (Å²) in [6.07, 6.45) is 0.933. The molecule has 398 valence electrons. The predicted octanol–water partition coefficient (Wildman–Crippen LogP) is 22.5. The van der Waals surface area contributed by atoms with Crippen LogP contribution in [0.1, 0.15) is 49.3 Å². The molecule has 0 aliphatic heterocycles. The molecule has 3 nitrogen and oxygen atoms in total. The van der Waals surface area contributed by atoms with Gasteiger partial charge in [-0.05, 0) is 185 Å². The van der Waals surface area contributed by atoms with Crippen molar-refractivity contribution in [2.75, 3.05) is 0 Å². The highest BCUT2D eigenvalue weighted by Gasteiger charge is 2.25. The van der Waals surface area contributed by atoms with Gasteiger partial charge in [-0.3, -0.25) is 0 Å². The van der Waals surface area contributed by atoms with Crippen LogP contribution in [0.15, 0.2) is 255 Å². The maximum Gasteiger partial charge on any atom is 0.0622 e. The summed E-state index contributed by atoms with van der Waals surface area (Å²) in [5, 5.41) is 23.0. The van der Waals surface area contributed by atoms with Crippen LogP contribution < -0.4 is 0 Å². The molecule has 0 aliphatic rings. The van der Waals surface area contributed by atoms with Crippen LogP contribution in [-0.2, 0) is 6.42 Å². The summed E-state index contributed by atoms with van der Waals surface area (Å²) in [5.41, 5.74) is 20.3. The number of hydrogen-bond donors (Lipinski definition) is 0. The van der Waals surface area contributed by atoms with Crippen molar-refractivity contribution in [2.24, 2.45) is 0 Å². The summed E-state index contributed by atoms with van der Waals surface area (Å²) in [7, 11) is 0. The third kappa shape index (κ3) is 6.72. The van der Waals surface area contributed by atoms with Gasteiger partial charge in [-0.15, -0.1) is 0 Å². The lowest BCUT2D eigenvalue weighted by Crippen LogP contribution is -1.98. The lowest BCUT2D eigenvalue weighted by Gasteiger charge is -2.14. The van der Waals surface area contributed by atoms with Gasteiger partial charge in [-0.1, -0.05) is 191 Å². The second kappa shape index (κ2) is 17.3. The highest BCUT2D eigenvalue weighted by molar-refractivity contribution is 6.29. The van der Waals surface area contributed by atoms with Gasteiger partial charge in [0.2, 0.25) is 0 Å². The van der Waals surface area contributed by atoms with Crippen molar-refractivity contribution < 1.29 is 0 Å². The molecule has 0 fully saturated rings. The van der Waals surface area contributed by atoms with Crippen molar-refractivity contribution in [2.45, 2.75) is 39.0 Å². The third-order valence-corrected chi connectivity index (χ3v) is 19.6. The van der Waals surface area contributed by atoms with Gasteiger partial charge in [0.1, 0.15) is 0 Å². The molecule has 19 aromatic rings. The van der Waals surface area contributed by atoms with Crippen LogP contribution in [0.2, 0.25) is 0 Å². The van der Waals surface area contributed by atoms with E-state index >= 15 is 0 Å². The molecule has 5 aromatic heterocycles. The van der Waals surface area contributed by atoms with E-state index in [9.17, 15) is 0 Å². The van der Waals surface area contributed by atoms with E-state index in [1.165, 1.54) is 186 Å². The van der Waals surface area contributed by atoms with E-state index in [0.29, 0.717) is 11.8 Å². The molecule has 0 bridgehead atoms. The average molecular weight is 1080 g/mol. The zero-order valence-corrected chi connectivity index (χ0v) is 47.5. The summed E-state index contributed by atoms with van der Waals surface area (Å²) in [6.45, 7) is 6.98. The van der Waals surface area contributed by atoms with Gasteiger partial charge in [-0.2, -0.15) is 0 Å². The maximum atomic E-state index is 2.57. The van der Waals surface area contributed by atoms with E-state index in [0.717, 1.165) is 6.42 Å². The summed E-state index contributed by atoms with van der Waals surface area (Å²) in [4.78, 5) is 0. The molecule has 14 aromatic carbocycles. The number of para-hydroxylation sites is 2. The lowest BCUT2D eigenvalue weighted by atomic mass is 9.90. The van der Waals surface area contributed by atoms with Crippen molar-refractivity contribution in [1.82, 2.24) is 13.4 Å². The van der Waals surface area contributed by atoms with Crippen molar-refractivity contribution in [1.29, 1.82) is 0 Å². The Kier molecular flexibility index (Phi) is 9.57. The first-order chi connectivity index (χ1) is 41.8. The first-order valence-electron chi connectivity index (χ1n) is 30.2. The number of hydrogen-bond acceptors (Lipinski definition) is 0. The standard InChI is InChI=1S/C82H55N3/c1-47(2)51-27-29-56-43-79-69(37-59(56)33-51)73-45-62(83-75-23-13-11-21-65(75)66-22-12-14-24-76(66)83)46-74-70-38-60-34-52(28-30-57(60)44-80(70)85(79)82(73)74)48(3)31-49-25-26-55-42-78-68(36-58(55)32-49)72-40-61(64-20-10-9-19-63(64)50-15-5-4-6-16-50)39-71-67-35-53-17-7-8-18-54(53)41-77(67)84(78)81(71)72/h4-30,32-48H,31H2,1-3H3. The molecular formula is C82H55N3. The van der Waals surface area contributed by atoms with Gasteiger partial charge in [0, 0.05) is 59.5 Å². The molecular weight excluding hydrogens is 1030 g/mol. The van der Waals surface area contributed by atoms with Crippen LogP contribution in [0.25, 0.3) is 169 Å². The monoisotopic (exact) mass is 1080 g/mol. The molecule has 5 heterocycles. The lowest BCUT2D eigenvalue weighted by molar-refractivity contribution is 0.761. The van der Waals surface area contributed by atoms with Crippen LogP contribution in [-0.4, -0.2) is 13.4 Å². The quantitative estimate of drug-likeness (QED) is 0.151. The van der Waals surface area contributed by atoms with Gasteiger partial charge in [0.05, 0.1) is 44.1 Å². The highest BCUT2D eigenvalue weighted by atomic mass is 15.0. The molecule has 0 saturated carbocycles.